The molecule has 1 aliphatic rings. The lowest BCUT2D eigenvalue weighted by molar-refractivity contribution is -0.123. The highest BCUT2D eigenvalue weighted by Gasteiger charge is 2.41. The van der Waals surface area contributed by atoms with Crippen LogP contribution in [0.5, 0.6) is 0 Å². The van der Waals surface area contributed by atoms with Gasteiger partial charge in [-0.25, -0.2) is 4.68 Å². The van der Waals surface area contributed by atoms with E-state index < -0.39 is 0 Å². The molecular formula is C26H33N5O2S2. The normalized spacial score (nSPS) is 16.7. The van der Waals surface area contributed by atoms with E-state index in [1.54, 1.807) is 40.4 Å². The molecule has 0 aliphatic carbocycles. The lowest BCUT2D eigenvalue weighted by Crippen LogP contribution is -2.43. The van der Waals surface area contributed by atoms with Crippen LogP contribution in [0.15, 0.2) is 42.0 Å². The van der Waals surface area contributed by atoms with E-state index in [1.165, 1.54) is 4.88 Å². The van der Waals surface area contributed by atoms with Crippen LogP contribution in [-0.2, 0) is 27.1 Å². The molecule has 0 radical (unpaired) electrons. The molecule has 1 aliphatic heterocycles. The summed E-state index contributed by atoms with van der Waals surface area (Å²) in [4.78, 5) is 33.5. The van der Waals surface area contributed by atoms with Crippen LogP contribution < -0.4 is 10.2 Å². The first kappa shape index (κ1) is 25.4. The molecule has 0 saturated carbocycles. The molecule has 35 heavy (non-hydrogen) atoms. The van der Waals surface area contributed by atoms with Crippen molar-refractivity contribution in [3.8, 4) is 0 Å². The number of amides is 2. The third kappa shape index (κ3) is 5.46. The number of thiophene rings is 1. The number of nitrogens with zero attached hydrogens (tertiary/aromatic N) is 4. The first-order chi connectivity index (χ1) is 16.5. The van der Waals surface area contributed by atoms with E-state index in [2.05, 4.69) is 63.3 Å². The second kappa shape index (κ2) is 9.78. The van der Waals surface area contributed by atoms with Gasteiger partial charge in [-0.05, 0) is 43.8 Å². The van der Waals surface area contributed by atoms with Crippen LogP contribution in [-0.4, -0.2) is 38.9 Å². The van der Waals surface area contributed by atoms with Crippen molar-refractivity contribution in [1.82, 2.24) is 20.1 Å². The fraction of sp³-hybridized carbons (Fsp3) is 0.462. The number of thioether (sulfide) groups is 1. The molecule has 7 nitrogen and oxygen atoms in total. The Labute approximate surface area is 215 Å². The number of nitrogens with one attached hydrogen (secondary N) is 1. The van der Waals surface area contributed by atoms with Crippen LogP contribution in [0.4, 0.5) is 5.82 Å². The van der Waals surface area contributed by atoms with Gasteiger partial charge in [0, 0.05) is 34.8 Å². The Morgan fingerprint density at radius 2 is 1.94 bits per heavy atom. The number of rotatable bonds is 5. The molecule has 0 spiro atoms. The van der Waals surface area contributed by atoms with Crippen molar-refractivity contribution in [2.75, 3.05) is 17.2 Å². The zero-order valence-electron chi connectivity index (χ0n) is 21.2. The van der Waals surface area contributed by atoms with Crippen LogP contribution >= 0.6 is 23.1 Å². The minimum atomic E-state index is -0.382. The second-order valence-electron chi connectivity index (χ2n) is 10.7. The molecule has 1 N–H and O–H groups in total. The van der Waals surface area contributed by atoms with Crippen molar-refractivity contribution >= 4 is 40.7 Å². The average Bonchev–Trinajstić information content (AvgIpc) is 3.43. The molecule has 0 aromatic carbocycles. The number of hydrogen-bond donors (Lipinski definition) is 1. The molecule has 1 atom stereocenters. The molecule has 0 fully saturated rings. The molecule has 1 unspecified atom stereocenters. The van der Waals surface area contributed by atoms with Crippen LogP contribution in [0.1, 0.15) is 68.5 Å². The standard InChI is InChI=1S/C26H33N5O2S2/c1-25(2,3)23-21-22(18-10-8-12-34-18)35-16-20(33)30(24(21)31(29-23)26(4,5)6)15-19(32)28-14-17-9-7-11-27-13-17/h7-13,22H,14-16H2,1-6H3,(H,28,32). The summed E-state index contributed by atoms with van der Waals surface area (Å²) in [7, 11) is 0. The fourth-order valence-electron chi connectivity index (χ4n) is 4.11. The zero-order chi connectivity index (χ0) is 25.4. The van der Waals surface area contributed by atoms with Gasteiger partial charge in [-0.3, -0.25) is 19.5 Å². The lowest BCUT2D eigenvalue weighted by atomic mass is 9.88. The monoisotopic (exact) mass is 511 g/mol. The third-order valence-electron chi connectivity index (χ3n) is 5.75. The largest absolute Gasteiger partial charge is 0.350 e. The molecule has 4 heterocycles. The Kier molecular flexibility index (Phi) is 7.11. The summed E-state index contributed by atoms with van der Waals surface area (Å²) >= 11 is 3.30. The summed E-state index contributed by atoms with van der Waals surface area (Å²) in [5, 5.41) is 10.1. The second-order valence-corrected chi connectivity index (χ2v) is 12.8. The number of pyridine rings is 1. The van der Waals surface area contributed by atoms with Crippen LogP contribution in [0.2, 0.25) is 0 Å². The number of anilines is 1. The number of aromatic nitrogens is 3. The van der Waals surface area contributed by atoms with Gasteiger partial charge in [0.2, 0.25) is 11.8 Å². The zero-order valence-corrected chi connectivity index (χ0v) is 22.8. The predicted molar refractivity (Wildman–Crippen MR) is 143 cm³/mol. The Morgan fingerprint density at radius 3 is 2.54 bits per heavy atom. The summed E-state index contributed by atoms with van der Waals surface area (Å²) < 4.78 is 1.95. The van der Waals surface area contributed by atoms with Gasteiger partial charge < -0.3 is 5.32 Å². The highest BCUT2D eigenvalue weighted by molar-refractivity contribution is 8.00. The highest BCUT2D eigenvalue weighted by atomic mass is 32.2. The van der Waals surface area contributed by atoms with Crippen LogP contribution in [0.25, 0.3) is 0 Å². The van der Waals surface area contributed by atoms with Gasteiger partial charge in [0.1, 0.15) is 12.4 Å². The van der Waals surface area contributed by atoms with E-state index in [0.29, 0.717) is 12.3 Å². The Balaban J connectivity index is 1.79. The molecule has 0 bridgehead atoms. The maximum Gasteiger partial charge on any atom is 0.240 e. The maximum absolute atomic E-state index is 13.5. The Morgan fingerprint density at radius 1 is 1.17 bits per heavy atom. The van der Waals surface area contributed by atoms with E-state index >= 15 is 0 Å². The smallest absolute Gasteiger partial charge is 0.240 e. The Bertz CT molecular complexity index is 1190. The van der Waals surface area contributed by atoms with Crippen molar-refractivity contribution in [3.05, 3.63) is 63.7 Å². The summed E-state index contributed by atoms with van der Waals surface area (Å²) in [5.74, 6) is 0.720. The molecule has 186 valence electrons. The van der Waals surface area contributed by atoms with E-state index in [4.69, 9.17) is 5.10 Å². The van der Waals surface area contributed by atoms with Crippen molar-refractivity contribution < 1.29 is 9.59 Å². The molecule has 2 amide bonds. The fourth-order valence-corrected chi connectivity index (χ4v) is 6.28. The van der Waals surface area contributed by atoms with Gasteiger partial charge >= 0.3 is 0 Å². The first-order valence-corrected chi connectivity index (χ1v) is 13.6. The SMILES string of the molecule is CC(C)(C)c1nn(C(C)(C)C)c2c1C(c1cccs1)SCC(=O)N2CC(=O)NCc1cccnc1. The van der Waals surface area contributed by atoms with Crippen LogP contribution in [0.3, 0.4) is 0 Å². The number of hydrogen-bond acceptors (Lipinski definition) is 6. The van der Waals surface area contributed by atoms with Gasteiger partial charge in [0.15, 0.2) is 0 Å². The highest BCUT2D eigenvalue weighted by Crippen LogP contribution is 2.49. The van der Waals surface area contributed by atoms with Crippen molar-refractivity contribution in [2.24, 2.45) is 0 Å². The van der Waals surface area contributed by atoms with Gasteiger partial charge in [-0.15, -0.1) is 23.1 Å². The van der Waals surface area contributed by atoms with Gasteiger partial charge in [0.05, 0.1) is 22.2 Å². The number of fused-ring (bicyclic) bond motifs is 1. The van der Waals surface area contributed by atoms with Crippen molar-refractivity contribution in [3.63, 3.8) is 0 Å². The summed E-state index contributed by atoms with van der Waals surface area (Å²) in [6.07, 6.45) is 3.42. The van der Waals surface area contributed by atoms with E-state index in [9.17, 15) is 9.59 Å². The molecule has 3 aromatic heterocycles. The topological polar surface area (TPSA) is 80.1 Å². The Hall–Kier alpha value is -2.65. The van der Waals surface area contributed by atoms with E-state index in [0.717, 1.165) is 22.6 Å². The summed E-state index contributed by atoms with van der Waals surface area (Å²) in [5.41, 5.74) is 2.28. The lowest BCUT2D eigenvalue weighted by Gasteiger charge is -2.28. The first-order valence-electron chi connectivity index (χ1n) is 11.7. The minimum absolute atomic E-state index is 0.0253. The number of carbonyl (C=O) groups is 2. The molecule has 4 rings (SSSR count). The average molecular weight is 512 g/mol. The van der Waals surface area contributed by atoms with Gasteiger partial charge in [0.25, 0.3) is 0 Å². The molecule has 9 heteroatoms. The molecule has 3 aromatic rings. The van der Waals surface area contributed by atoms with Crippen molar-refractivity contribution in [1.29, 1.82) is 0 Å². The molecule has 0 saturated heterocycles. The van der Waals surface area contributed by atoms with Crippen molar-refractivity contribution in [2.45, 2.75) is 64.3 Å². The van der Waals surface area contributed by atoms with Crippen LogP contribution in [0, 0.1) is 0 Å². The summed E-state index contributed by atoms with van der Waals surface area (Å²) in [6.45, 7) is 13.0. The maximum atomic E-state index is 13.5. The van der Waals surface area contributed by atoms with E-state index in [-0.39, 0.29) is 34.6 Å². The minimum Gasteiger partial charge on any atom is -0.350 e. The van der Waals surface area contributed by atoms with E-state index in [1.807, 2.05) is 22.9 Å². The summed E-state index contributed by atoms with van der Waals surface area (Å²) in [6, 6.07) is 7.91. The van der Waals surface area contributed by atoms with Gasteiger partial charge in [-0.1, -0.05) is 32.9 Å². The third-order valence-corrected chi connectivity index (χ3v) is 8.07. The quantitative estimate of drug-likeness (QED) is 0.528. The predicted octanol–water partition coefficient (Wildman–Crippen LogP) is 4.88. The molecular weight excluding hydrogens is 478 g/mol. The van der Waals surface area contributed by atoms with Gasteiger partial charge in [-0.2, -0.15) is 5.10 Å². The number of carbonyl (C=O) groups excluding carboxylic acids is 2.